The van der Waals surface area contributed by atoms with E-state index < -0.39 is 0 Å². The van der Waals surface area contributed by atoms with E-state index in [9.17, 15) is 4.79 Å². The zero-order valence-electron chi connectivity index (χ0n) is 14.5. The zero-order valence-corrected chi connectivity index (χ0v) is 14.5. The van der Waals surface area contributed by atoms with Gasteiger partial charge in [0.05, 0.1) is 11.2 Å². The fourth-order valence-corrected chi connectivity index (χ4v) is 3.70. The van der Waals surface area contributed by atoms with Crippen molar-refractivity contribution in [3.05, 3.63) is 90.1 Å². The normalized spacial score (nSPS) is 15.6. The van der Waals surface area contributed by atoms with Gasteiger partial charge in [0, 0.05) is 16.8 Å². The molecule has 0 fully saturated rings. The average Bonchev–Trinajstić information content (AvgIpc) is 3.02. The predicted molar refractivity (Wildman–Crippen MR) is 109 cm³/mol. The second kappa shape index (κ2) is 5.95. The van der Waals surface area contributed by atoms with Gasteiger partial charge in [-0.05, 0) is 47.0 Å². The Labute approximate surface area is 156 Å². The molecule has 0 aliphatic carbocycles. The quantitative estimate of drug-likeness (QED) is 0.520. The number of nitrogens with two attached hydrogens (primary N) is 1. The smallest absolute Gasteiger partial charge is 0.238 e. The summed E-state index contributed by atoms with van der Waals surface area (Å²) >= 11 is 0. The van der Waals surface area contributed by atoms with Gasteiger partial charge in [0.15, 0.2) is 0 Å². The molecule has 1 amide bonds. The lowest BCUT2D eigenvalue weighted by atomic mass is 9.94. The number of fused-ring (bicyclic) bond motifs is 2. The molecule has 0 radical (unpaired) electrons. The maximum Gasteiger partial charge on any atom is 0.238 e. The molecule has 1 aliphatic rings. The summed E-state index contributed by atoms with van der Waals surface area (Å²) in [7, 11) is 0. The van der Waals surface area contributed by atoms with Crippen molar-refractivity contribution < 1.29 is 4.79 Å². The van der Waals surface area contributed by atoms with Crippen LogP contribution in [0.4, 0.5) is 11.4 Å². The SMILES string of the molecule is Nc1cccc(-c2ccc3c(c2)NC(=O)C3c2ccc3ccccc3n2)c1. The van der Waals surface area contributed by atoms with E-state index in [-0.39, 0.29) is 11.8 Å². The minimum absolute atomic E-state index is 0.0440. The minimum Gasteiger partial charge on any atom is -0.399 e. The van der Waals surface area contributed by atoms with Crippen LogP contribution in [-0.2, 0) is 4.79 Å². The van der Waals surface area contributed by atoms with E-state index in [0.717, 1.165) is 44.7 Å². The molecule has 5 rings (SSSR count). The number of para-hydroxylation sites is 1. The molecule has 0 spiro atoms. The standard InChI is InChI=1S/C23H17N3O/c24-17-6-3-5-15(12-17)16-8-10-18-21(13-16)26-23(27)22(18)20-11-9-14-4-1-2-7-19(14)25-20/h1-13,22H,24H2,(H,26,27). The number of anilines is 2. The molecule has 27 heavy (non-hydrogen) atoms. The van der Waals surface area contributed by atoms with E-state index >= 15 is 0 Å². The van der Waals surface area contributed by atoms with Crippen LogP contribution in [0, 0.1) is 0 Å². The van der Waals surface area contributed by atoms with Gasteiger partial charge in [-0.15, -0.1) is 0 Å². The van der Waals surface area contributed by atoms with Gasteiger partial charge in [0.2, 0.25) is 5.91 Å². The highest BCUT2D eigenvalue weighted by Gasteiger charge is 2.33. The van der Waals surface area contributed by atoms with Crippen molar-refractivity contribution >= 4 is 28.2 Å². The summed E-state index contributed by atoms with van der Waals surface area (Å²) in [6, 6.07) is 25.7. The second-order valence-corrected chi connectivity index (χ2v) is 6.78. The largest absolute Gasteiger partial charge is 0.399 e. The van der Waals surface area contributed by atoms with E-state index in [2.05, 4.69) is 5.32 Å². The highest BCUT2D eigenvalue weighted by Crippen LogP contribution is 2.39. The Kier molecular flexibility index (Phi) is 3.44. The van der Waals surface area contributed by atoms with Crippen LogP contribution in [0.5, 0.6) is 0 Å². The van der Waals surface area contributed by atoms with Crippen LogP contribution in [0.1, 0.15) is 17.2 Å². The van der Waals surface area contributed by atoms with Crippen LogP contribution in [0.3, 0.4) is 0 Å². The van der Waals surface area contributed by atoms with E-state index in [1.54, 1.807) is 0 Å². The highest BCUT2D eigenvalue weighted by atomic mass is 16.2. The molecule has 1 atom stereocenters. The second-order valence-electron chi connectivity index (χ2n) is 6.78. The number of nitrogens with one attached hydrogen (secondary N) is 1. The summed E-state index contributed by atoms with van der Waals surface area (Å²) < 4.78 is 0. The molecule has 130 valence electrons. The molecule has 1 aliphatic heterocycles. The molecule has 3 N–H and O–H groups in total. The summed E-state index contributed by atoms with van der Waals surface area (Å²) in [5.74, 6) is -0.433. The number of nitrogens with zero attached hydrogens (tertiary/aromatic N) is 1. The third-order valence-electron chi connectivity index (χ3n) is 5.02. The first-order valence-corrected chi connectivity index (χ1v) is 8.85. The summed E-state index contributed by atoms with van der Waals surface area (Å²) in [5.41, 5.74) is 12.1. The number of aromatic nitrogens is 1. The fourth-order valence-electron chi connectivity index (χ4n) is 3.70. The Hall–Kier alpha value is -3.66. The lowest BCUT2D eigenvalue weighted by Crippen LogP contribution is -2.14. The van der Waals surface area contributed by atoms with Crippen LogP contribution >= 0.6 is 0 Å². The first-order valence-electron chi connectivity index (χ1n) is 8.85. The molecule has 1 aromatic heterocycles. The number of rotatable bonds is 2. The summed E-state index contributed by atoms with van der Waals surface area (Å²) in [5, 5.41) is 4.08. The Bertz CT molecular complexity index is 1200. The Morgan fingerprint density at radius 3 is 2.59 bits per heavy atom. The molecular formula is C23H17N3O. The van der Waals surface area contributed by atoms with Crippen molar-refractivity contribution in [2.75, 3.05) is 11.1 Å². The zero-order chi connectivity index (χ0) is 18.4. The molecule has 0 saturated heterocycles. The van der Waals surface area contributed by atoms with E-state index in [4.69, 9.17) is 10.7 Å². The van der Waals surface area contributed by atoms with Crippen LogP contribution in [0.25, 0.3) is 22.0 Å². The summed E-state index contributed by atoms with van der Waals surface area (Å²) in [4.78, 5) is 17.4. The van der Waals surface area contributed by atoms with Gasteiger partial charge in [-0.3, -0.25) is 9.78 Å². The Morgan fingerprint density at radius 1 is 0.852 bits per heavy atom. The number of pyridine rings is 1. The molecule has 3 aromatic carbocycles. The van der Waals surface area contributed by atoms with Gasteiger partial charge in [-0.1, -0.05) is 48.5 Å². The lowest BCUT2D eigenvalue weighted by molar-refractivity contribution is -0.116. The minimum atomic E-state index is -0.389. The molecule has 4 nitrogen and oxygen atoms in total. The monoisotopic (exact) mass is 351 g/mol. The number of carbonyl (C=O) groups is 1. The fraction of sp³-hybridized carbons (Fsp3) is 0.0435. The average molecular weight is 351 g/mol. The van der Waals surface area contributed by atoms with Crippen LogP contribution in [0.2, 0.25) is 0 Å². The van der Waals surface area contributed by atoms with Crippen LogP contribution < -0.4 is 11.1 Å². The maximum atomic E-state index is 12.7. The number of nitrogen functional groups attached to an aromatic ring is 1. The first kappa shape index (κ1) is 15.6. The van der Waals surface area contributed by atoms with E-state index in [1.807, 2.05) is 78.9 Å². The van der Waals surface area contributed by atoms with E-state index in [1.165, 1.54) is 0 Å². The van der Waals surface area contributed by atoms with Crippen molar-refractivity contribution in [2.24, 2.45) is 0 Å². The lowest BCUT2D eigenvalue weighted by Gasteiger charge is -2.10. The van der Waals surface area contributed by atoms with Crippen LogP contribution in [0.15, 0.2) is 78.9 Å². The number of hydrogen-bond donors (Lipinski definition) is 2. The summed E-state index contributed by atoms with van der Waals surface area (Å²) in [6.07, 6.45) is 0. The van der Waals surface area contributed by atoms with Gasteiger partial charge < -0.3 is 11.1 Å². The molecular weight excluding hydrogens is 334 g/mol. The summed E-state index contributed by atoms with van der Waals surface area (Å²) in [6.45, 7) is 0. The van der Waals surface area contributed by atoms with E-state index in [0.29, 0.717) is 0 Å². The Morgan fingerprint density at radius 2 is 1.70 bits per heavy atom. The van der Waals surface area contributed by atoms with Crippen molar-refractivity contribution in [2.45, 2.75) is 5.92 Å². The van der Waals surface area contributed by atoms with Gasteiger partial charge >= 0.3 is 0 Å². The topological polar surface area (TPSA) is 68.0 Å². The third kappa shape index (κ3) is 2.62. The third-order valence-corrected chi connectivity index (χ3v) is 5.02. The Balaban J connectivity index is 1.58. The number of carbonyl (C=O) groups excluding carboxylic acids is 1. The van der Waals surface area contributed by atoms with Crippen molar-refractivity contribution in [3.8, 4) is 11.1 Å². The maximum absolute atomic E-state index is 12.7. The van der Waals surface area contributed by atoms with Crippen molar-refractivity contribution in [3.63, 3.8) is 0 Å². The van der Waals surface area contributed by atoms with Crippen molar-refractivity contribution in [1.29, 1.82) is 0 Å². The number of benzene rings is 3. The predicted octanol–water partition coefficient (Wildman–Crippen LogP) is 4.57. The molecule has 0 saturated carbocycles. The van der Waals surface area contributed by atoms with Gasteiger partial charge in [0.25, 0.3) is 0 Å². The van der Waals surface area contributed by atoms with Crippen molar-refractivity contribution in [1.82, 2.24) is 4.98 Å². The van der Waals surface area contributed by atoms with Gasteiger partial charge in [-0.25, -0.2) is 0 Å². The van der Waals surface area contributed by atoms with Crippen LogP contribution in [-0.4, -0.2) is 10.9 Å². The molecule has 4 heteroatoms. The molecule has 2 heterocycles. The first-order chi connectivity index (χ1) is 13.2. The molecule has 4 aromatic rings. The number of hydrogen-bond acceptors (Lipinski definition) is 3. The number of amides is 1. The van der Waals surface area contributed by atoms with Gasteiger partial charge in [0.1, 0.15) is 5.92 Å². The molecule has 1 unspecified atom stereocenters. The highest BCUT2D eigenvalue weighted by molar-refractivity contribution is 6.05. The molecule has 0 bridgehead atoms. The van der Waals surface area contributed by atoms with Gasteiger partial charge in [-0.2, -0.15) is 0 Å².